The number of aliphatic carboxylic acids is 1. The Hall–Kier alpha value is -1.36. The molecule has 0 aliphatic carbocycles. The number of carbonyl (C=O) groups excluding carboxylic acids is 1. The largest absolute Gasteiger partial charge is 0.481 e. The highest BCUT2D eigenvalue weighted by atomic mass is 16.6. The van der Waals surface area contributed by atoms with Gasteiger partial charge in [-0.15, -0.1) is 0 Å². The third-order valence-corrected chi connectivity index (χ3v) is 1.36. The zero-order valence-corrected chi connectivity index (χ0v) is 6.93. The lowest BCUT2D eigenvalue weighted by molar-refractivity contribution is -0.138. The summed E-state index contributed by atoms with van der Waals surface area (Å²) < 4.78 is 9.51. The molecule has 1 saturated heterocycles. The fraction of sp³-hybridized carbons (Fsp3) is 0.500. The van der Waals surface area contributed by atoms with Crippen molar-refractivity contribution in [1.82, 2.24) is 0 Å². The molecular formula is C8H10O5. The van der Waals surface area contributed by atoms with Crippen LogP contribution in [0.4, 0.5) is 0 Å². The average molecular weight is 186 g/mol. The van der Waals surface area contributed by atoms with E-state index in [0.717, 1.165) is 6.08 Å². The van der Waals surface area contributed by atoms with E-state index in [9.17, 15) is 9.59 Å². The smallest absolute Gasteiger partial charge is 0.330 e. The minimum Gasteiger partial charge on any atom is -0.481 e. The zero-order chi connectivity index (χ0) is 9.68. The summed E-state index contributed by atoms with van der Waals surface area (Å²) in [5, 5.41) is 8.23. The minimum absolute atomic E-state index is 0.0387. The van der Waals surface area contributed by atoms with Crippen molar-refractivity contribution in [2.45, 2.75) is 12.5 Å². The first-order chi connectivity index (χ1) is 6.18. The SMILES string of the molecule is O=C(O)CC=CC(=O)OCC1CO1. The summed E-state index contributed by atoms with van der Waals surface area (Å²) in [5.74, 6) is -1.51. The molecule has 0 aromatic rings. The molecule has 0 bridgehead atoms. The van der Waals surface area contributed by atoms with Crippen LogP contribution in [-0.2, 0) is 19.1 Å². The Morgan fingerprint density at radius 3 is 2.85 bits per heavy atom. The Kier molecular flexibility index (Phi) is 3.45. The van der Waals surface area contributed by atoms with Gasteiger partial charge in [0, 0.05) is 6.08 Å². The maximum absolute atomic E-state index is 10.8. The number of ether oxygens (including phenoxy) is 2. The number of carboxylic acid groups (broad SMARTS) is 1. The highest BCUT2D eigenvalue weighted by molar-refractivity contribution is 5.83. The molecule has 0 spiro atoms. The third-order valence-electron chi connectivity index (χ3n) is 1.36. The molecule has 0 aromatic heterocycles. The molecule has 0 radical (unpaired) electrons. The lowest BCUT2D eigenvalue weighted by Crippen LogP contribution is -2.07. The van der Waals surface area contributed by atoms with E-state index in [0.29, 0.717) is 6.61 Å². The van der Waals surface area contributed by atoms with Crippen molar-refractivity contribution in [2.75, 3.05) is 13.2 Å². The van der Waals surface area contributed by atoms with Gasteiger partial charge in [-0.1, -0.05) is 6.08 Å². The van der Waals surface area contributed by atoms with E-state index >= 15 is 0 Å². The average Bonchev–Trinajstić information content (AvgIpc) is 2.83. The number of carbonyl (C=O) groups is 2. The third kappa shape index (κ3) is 4.97. The van der Waals surface area contributed by atoms with E-state index in [2.05, 4.69) is 0 Å². The van der Waals surface area contributed by atoms with Gasteiger partial charge in [-0.25, -0.2) is 4.79 Å². The standard InChI is InChI=1S/C8H10O5/c9-7(10)2-1-3-8(11)13-5-6-4-12-6/h1,3,6H,2,4-5H2,(H,9,10). The lowest BCUT2D eigenvalue weighted by Gasteiger charge is -1.96. The normalized spacial score (nSPS) is 20.2. The molecule has 0 saturated carbocycles. The molecule has 0 aromatic carbocycles. The van der Waals surface area contributed by atoms with Crippen LogP contribution in [0.25, 0.3) is 0 Å². The molecule has 1 fully saturated rings. The van der Waals surface area contributed by atoms with Crippen molar-refractivity contribution in [3.63, 3.8) is 0 Å². The number of hydrogen-bond acceptors (Lipinski definition) is 4. The number of hydrogen-bond donors (Lipinski definition) is 1. The second-order valence-electron chi connectivity index (χ2n) is 2.59. The van der Waals surface area contributed by atoms with Crippen LogP contribution >= 0.6 is 0 Å². The van der Waals surface area contributed by atoms with Gasteiger partial charge < -0.3 is 14.6 Å². The predicted molar refractivity (Wildman–Crippen MR) is 42.1 cm³/mol. The predicted octanol–water partition coefficient (Wildman–Crippen LogP) is -0.0407. The summed E-state index contributed by atoms with van der Waals surface area (Å²) in [6, 6.07) is 0. The van der Waals surface area contributed by atoms with Crippen LogP contribution in [-0.4, -0.2) is 36.4 Å². The van der Waals surface area contributed by atoms with Crippen molar-refractivity contribution < 1.29 is 24.2 Å². The number of epoxide rings is 1. The second kappa shape index (κ2) is 4.61. The van der Waals surface area contributed by atoms with Crippen molar-refractivity contribution in [3.05, 3.63) is 12.2 Å². The molecule has 1 heterocycles. The van der Waals surface area contributed by atoms with E-state index < -0.39 is 11.9 Å². The van der Waals surface area contributed by atoms with Crippen LogP contribution in [0, 0.1) is 0 Å². The summed E-state index contributed by atoms with van der Waals surface area (Å²) in [7, 11) is 0. The topological polar surface area (TPSA) is 76.1 Å². The maximum Gasteiger partial charge on any atom is 0.330 e. The number of carboxylic acids is 1. The summed E-state index contributed by atoms with van der Waals surface area (Å²) in [6.07, 6.45) is 2.22. The molecule has 0 amide bonds. The summed E-state index contributed by atoms with van der Waals surface area (Å²) in [4.78, 5) is 20.8. The Labute approximate surface area is 74.9 Å². The van der Waals surface area contributed by atoms with E-state index in [1.165, 1.54) is 6.08 Å². The molecule has 1 atom stereocenters. The molecule has 1 rings (SSSR count). The van der Waals surface area contributed by atoms with Gasteiger partial charge in [-0.3, -0.25) is 4.79 Å². The molecule has 5 heteroatoms. The fourth-order valence-electron chi connectivity index (χ4n) is 0.643. The van der Waals surface area contributed by atoms with Crippen LogP contribution in [0.3, 0.4) is 0 Å². The first-order valence-corrected chi connectivity index (χ1v) is 3.85. The van der Waals surface area contributed by atoms with Gasteiger partial charge in [0.15, 0.2) is 0 Å². The van der Waals surface area contributed by atoms with E-state index in [1.54, 1.807) is 0 Å². The fourth-order valence-corrected chi connectivity index (χ4v) is 0.643. The number of rotatable bonds is 5. The van der Waals surface area contributed by atoms with Crippen LogP contribution in [0.5, 0.6) is 0 Å². The molecule has 1 aliphatic rings. The first-order valence-electron chi connectivity index (χ1n) is 3.85. The Bertz CT molecular complexity index is 229. The van der Waals surface area contributed by atoms with Gasteiger partial charge in [0.1, 0.15) is 12.7 Å². The van der Waals surface area contributed by atoms with Crippen molar-refractivity contribution in [1.29, 1.82) is 0 Å². The molecule has 5 nitrogen and oxygen atoms in total. The Morgan fingerprint density at radius 2 is 2.31 bits per heavy atom. The zero-order valence-electron chi connectivity index (χ0n) is 6.93. The first kappa shape index (κ1) is 9.73. The molecule has 13 heavy (non-hydrogen) atoms. The molecule has 72 valence electrons. The van der Waals surface area contributed by atoms with Gasteiger partial charge in [0.05, 0.1) is 13.0 Å². The van der Waals surface area contributed by atoms with E-state index in [1.807, 2.05) is 0 Å². The summed E-state index contributed by atoms with van der Waals surface area (Å²) in [6.45, 7) is 0.877. The van der Waals surface area contributed by atoms with Crippen molar-refractivity contribution >= 4 is 11.9 Å². The highest BCUT2D eigenvalue weighted by Crippen LogP contribution is 2.08. The Balaban J connectivity index is 2.08. The second-order valence-corrected chi connectivity index (χ2v) is 2.59. The molecular weight excluding hydrogens is 176 g/mol. The van der Waals surface area contributed by atoms with Crippen molar-refractivity contribution in [2.24, 2.45) is 0 Å². The van der Waals surface area contributed by atoms with Gasteiger partial charge >= 0.3 is 11.9 Å². The summed E-state index contributed by atoms with van der Waals surface area (Å²) in [5.41, 5.74) is 0. The van der Waals surface area contributed by atoms with Crippen LogP contribution in [0.15, 0.2) is 12.2 Å². The number of esters is 1. The van der Waals surface area contributed by atoms with Gasteiger partial charge in [-0.05, 0) is 0 Å². The minimum atomic E-state index is -0.977. The van der Waals surface area contributed by atoms with Crippen molar-refractivity contribution in [3.8, 4) is 0 Å². The van der Waals surface area contributed by atoms with E-state index in [4.69, 9.17) is 14.6 Å². The maximum atomic E-state index is 10.8. The molecule has 1 N–H and O–H groups in total. The highest BCUT2D eigenvalue weighted by Gasteiger charge is 2.23. The van der Waals surface area contributed by atoms with Crippen LogP contribution in [0.1, 0.15) is 6.42 Å². The van der Waals surface area contributed by atoms with Gasteiger partial charge in [0.25, 0.3) is 0 Å². The molecule has 1 unspecified atom stereocenters. The van der Waals surface area contributed by atoms with Crippen LogP contribution in [0.2, 0.25) is 0 Å². The quantitative estimate of drug-likeness (QED) is 0.370. The Morgan fingerprint density at radius 1 is 1.62 bits per heavy atom. The monoisotopic (exact) mass is 186 g/mol. The van der Waals surface area contributed by atoms with E-state index in [-0.39, 0.29) is 19.1 Å². The summed E-state index contributed by atoms with van der Waals surface area (Å²) >= 11 is 0. The molecule has 1 aliphatic heterocycles. The van der Waals surface area contributed by atoms with Gasteiger partial charge in [-0.2, -0.15) is 0 Å². The van der Waals surface area contributed by atoms with Crippen LogP contribution < -0.4 is 0 Å². The lowest BCUT2D eigenvalue weighted by atomic mass is 10.4. The van der Waals surface area contributed by atoms with Gasteiger partial charge in [0.2, 0.25) is 0 Å².